The Morgan fingerprint density at radius 3 is 2.86 bits per heavy atom. The molecule has 0 aromatic rings. The first kappa shape index (κ1) is 13.5. The van der Waals surface area contributed by atoms with E-state index >= 15 is 0 Å². The topological polar surface area (TPSA) is 35.5 Å². The monoisotopic (exact) mass is 264 g/mol. The highest BCUT2D eigenvalue weighted by Gasteiger charge is 1.99. The molecule has 0 rings (SSSR count). The van der Waals surface area contributed by atoms with Gasteiger partial charge in [0, 0.05) is 5.33 Å². The minimum Gasteiger partial charge on any atom is -0.498 e. The Hall–Kier alpha value is -0.510. The Morgan fingerprint density at radius 1 is 1.57 bits per heavy atom. The molecular weight excluding hydrogens is 248 g/mol. The Morgan fingerprint density at radius 2 is 2.29 bits per heavy atom. The molecule has 0 bridgehead atoms. The molecule has 0 aliphatic rings. The molecule has 0 heterocycles. The molecule has 0 aromatic heterocycles. The molecule has 0 radical (unpaired) electrons. The maximum Gasteiger partial charge on any atom is 0.333 e. The van der Waals surface area contributed by atoms with Gasteiger partial charge in [-0.25, -0.2) is 4.79 Å². The summed E-state index contributed by atoms with van der Waals surface area (Å²) >= 11 is 3.34. The van der Waals surface area contributed by atoms with E-state index in [1.807, 2.05) is 6.92 Å². The molecule has 3 nitrogen and oxygen atoms in total. The highest BCUT2D eigenvalue weighted by molar-refractivity contribution is 9.09. The first-order valence-corrected chi connectivity index (χ1v) is 5.87. The summed E-state index contributed by atoms with van der Waals surface area (Å²) in [4.78, 5) is 10.8. The molecule has 0 N–H and O–H groups in total. The van der Waals surface area contributed by atoms with Gasteiger partial charge in [-0.2, -0.15) is 0 Å². The van der Waals surface area contributed by atoms with Crippen LogP contribution in [-0.2, 0) is 14.3 Å². The van der Waals surface area contributed by atoms with Crippen LogP contribution in [0, 0.1) is 0 Å². The third kappa shape index (κ3) is 8.10. The normalized spacial score (nSPS) is 12.8. The lowest BCUT2D eigenvalue weighted by Gasteiger charge is -2.09. The number of hydrogen-bond donors (Lipinski definition) is 0. The molecule has 0 aromatic carbocycles. The smallest absolute Gasteiger partial charge is 0.333 e. The fourth-order valence-corrected chi connectivity index (χ4v) is 1.18. The molecule has 1 unspecified atom stereocenters. The number of esters is 1. The lowest BCUT2D eigenvalue weighted by molar-refractivity contribution is -0.137. The van der Waals surface area contributed by atoms with E-state index < -0.39 is 0 Å². The minimum absolute atomic E-state index is 0.137. The molecule has 14 heavy (non-hydrogen) atoms. The van der Waals surface area contributed by atoms with E-state index in [2.05, 4.69) is 15.9 Å². The van der Waals surface area contributed by atoms with Crippen molar-refractivity contribution in [1.82, 2.24) is 0 Å². The number of hydrogen-bond acceptors (Lipinski definition) is 3. The average Bonchev–Trinajstić information content (AvgIpc) is 2.15. The van der Waals surface area contributed by atoms with Crippen LogP contribution >= 0.6 is 15.9 Å². The van der Waals surface area contributed by atoms with Crippen LogP contribution in [0.3, 0.4) is 0 Å². The minimum atomic E-state index is -0.361. The van der Waals surface area contributed by atoms with Crippen molar-refractivity contribution in [3.63, 3.8) is 0 Å². The maximum atomic E-state index is 10.8. The fourth-order valence-electron chi connectivity index (χ4n) is 0.852. The first-order chi connectivity index (χ1) is 6.70. The fraction of sp³-hybridized carbons (Fsp3) is 0.700. The van der Waals surface area contributed by atoms with Crippen LogP contribution in [0.2, 0.25) is 0 Å². The Labute approximate surface area is 93.6 Å². The molecule has 0 saturated heterocycles. The van der Waals surface area contributed by atoms with Gasteiger partial charge in [0.05, 0.1) is 25.0 Å². The summed E-state index contributed by atoms with van der Waals surface area (Å²) in [5.41, 5.74) is 0. The van der Waals surface area contributed by atoms with Gasteiger partial charge in [-0.3, -0.25) is 0 Å². The standard InChI is InChI=1S/C10H17BrO3/c1-3-13-10(12)6-8-14-9(2)5-4-7-11/h6,8-9H,3-5,7H2,1-2H3/b8-6+. The van der Waals surface area contributed by atoms with E-state index in [4.69, 9.17) is 9.47 Å². The number of rotatable bonds is 7. The van der Waals surface area contributed by atoms with Crippen molar-refractivity contribution in [2.45, 2.75) is 32.8 Å². The number of carbonyl (C=O) groups excluding carboxylic acids is 1. The van der Waals surface area contributed by atoms with Crippen LogP contribution in [0.25, 0.3) is 0 Å². The maximum absolute atomic E-state index is 10.8. The molecule has 82 valence electrons. The lowest BCUT2D eigenvalue weighted by Crippen LogP contribution is -2.05. The van der Waals surface area contributed by atoms with Gasteiger partial charge in [-0.1, -0.05) is 15.9 Å². The molecular formula is C10H17BrO3. The van der Waals surface area contributed by atoms with Crippen molar-refractivity contribution in [1.29, 1.82) is 0 Å². The Bertz CT molecular complexity index is 180. The van der Waals surface area contributed by atoms with Crippen LogP contribution in [0.1, 0.15) is 26.7 Å². The third-order valence-corrected chi connectivity index (χ3v) is 2.11. The van der Waals surface area contributed by atoms with E-state index in [9.17, 15) is 4.79 Å². The van der Waals surface area contributed by atoms with Gasteiger partial charge in [0.25, 0.3) is 0 Å². The largest absolute Gasteiger partial charge is 0.498 e. The quantitative estimate of drug-likeness (QED) is 0.307. The van der Waals surface area contributed by atoms with Gasteiger partial charge in [0.2, 0.25) is 0 Å². The average molecular weight is 265 g/mol. The van der Waals surface area contributed by atoms with Gasteiger partial charge >= 0.3 is 5.97 Å². The van der Waals surface area contributed by atoms with Gasteiger partial charge < -0.3 is 9.47 Å². The summed E-state index contributed by atoms with van der Waals surface area (Å²) in [6.45, 7) is 4.13. The number of alkyl halides is 1. The zero-order valence-corrected chi connectivity index (χ0v) is 10.2. The summed E-state index contributed by atoms with van der Waals surface area (Å²) in [5, 5.41) is 0.974. The van der Waals surface area contributed by atoms with Crippen molar-refractivity contribution in [2.75, 3.05) is 11.9 Å². The molecule has 0 saturated carbocycles. The summed E-state index contributed by atoms with van der Waals surface area (Å²) in [6.07, 6.45) is 4.87. The predicted molar refractivity (Wildman–Crippen MR) is 59.3 cm³/mol. The molecule has 4 heteroatoms. The van der Waals surface area contributed by atoms with Crippen LogP contribution in [0.15, 0.2) is 12.3 Å². The Kier molecular flexibility index (Phi) is 8.73. The van der Waals surface area contributed by atoms with Crippen molar-refractivity contribution in [3.8, 4) is 0 Å². The van der Waals surface area contributed by atoms with E-state index in [-0.39, 0.29) is 12.1 Å². The SMILES string of the molecule is CCOC(=O)/C=C/OC(C)CCCBr. The number of carbonyl (C=O) groups is 1. The molecule has 0 aliphatic heterocycles. The second-order valence-corrected chi connectivity index (χ2v) is 3.63. The zero-order valence-electron chi connectivity index (χ0n) is 8.66. The molecule has 0 fully saturated rings. The Balaban J connectivity index is 3.54. The van der Waals surface area contributed by atoms with Crippen LogP contribution in [-0.4, -0.2) is 24.0 Å². The van der Waals surface area contributed by atoms with Crippen LogP contribution < -0.4 is 0 Å². The molecule has 0 spiro atoms. The lowest BCUT2D eigenvalue weighted by atomic mass is 10.2. The summed E-state index contributed by atoms with van der Waals surface area (Å²) in [7, 11) is 0. The van der Waals surface area contributed by atoms with Crippen molar-refractivity contribution >= 4 is 21.9 Å². The molecule has 1 atom stereocenters. The molecule has 0 amide bonds. The first-order valence-electron chi connectivity index (χ1n) is 4.75. The van der Waals surface area contributed by atoms with Crippen LogP contribution in [0.5, 0.6) is 0 Å². The second-order valence-electron chi connectivity index (χ2n) is 2.83. The van der Waals surface area contributed by atoms with Gasteiger partial charge in [0.15, 0.2) is 0 Å². The van der Waals surface area contributed by atoms with Crippen molar-refractivity contribution in [2.24, 2.45) is 0 Å². The predicted octanol–water partition coefficient (Wildman–Crippen LogP) is 2.64. The molecule has 0 aliphatic carbocycles. The number of ether oxygens (including phenoxy) is 2. The highest BCUT2D eigenvalue weighted by Crippen LogP contribution is 2.03. The zero-order chi connectivity index (χ0) is 10.8. The summed E-state index contributed by atoms with van der Waals surface area (Å²) in [6, 6.07) is 0. The van der Waals surface area contributed by atoms with E-state index in [1.54, 1.807) is 6.92 Å². The second kappa shape index (κ2) is 9.06. The third-order valence-electron chi connectivity index (χ3n) is 1.55. The van der Waals surface area contributed by atoms with Gasteiger partial charge in [-0.15, -0.1) is 0 Å². The summed E-state index contributed by atoms with van der Waals surface area (Å²) in [5.74, 6) is -0.361. The summed E-state index contributed by atoms with van der Waals surface area (Å²) < 4.78 is 9.95. The van der Waals surface area contributed by atoms with Gasteiger partial charge in [0.1, 0.15) is 0 Å². The van der Waals surface area contributed by atoms with Crippen molar-refractivity contribution in [3.05, 3.63) is 12.3 Å². The number of halogens is 1. The van der Waals surface area contributed by atoms with Crippen LogP contribution in [0.4, 0.5) is 0 Å². The van der Waals surface area contributed by atoms with E-state index in [0.29, 0.717) is 6.61 Å². The van der Waals surface area contributed by atoms with E-state index in [1.165, 1.54) is 12.3 Å². The van der Waals surface area contributed by atoms with Crippen molar-refractivity contribution < 1.29 is 14.3 Å². The highest BCUT2D eigenvalue weighted by atomic mass is 79.9. The van der Waals surface area contributed by atoms with E-state index in [0.717, 1.165) is 18.2 Å². The van der Waals surface area contributed by atoms with Gasteiger partial charge in [-0.05, 0) is 26.7 Å².